The van der Waals surface area contributed by atoms with E-state index in [0.717, 1.165) is 25.7 Å². The lowest BCUT2D eigenvalue weighted by atomic mass is 10.0. The normalized spacial score (nSPS) is 12.2. The van der Waals surface area contributed by atoms with E-state index in [9.17, 15) is 9.90 Å². The summed E-state index contributed by atoms with van der Waals surface area (Å²) in [4.78, 5) is 12.3. The minimum atomic E-state index is -0.0512. The molecule has 0 radical (unpaired) electrons. The number of carbonyl (C=O) groups excluding carboxylic acids is 1. The molecule has 3 heteroatoms. The smallest absolute Gasteiger partial charge is 0.220 e. The second-order valence-corrected chi connectivity index (χ2v) is 14.7. The minimum Gasteiger partial charge on any atom is -0.394 e. The first-order chi connectivity index (χ1) is 22.2. The number of aliphatic hydroxyl groups excluding tert-OH is 1. The zero-order valence-electron chi connectivity index (χ0n) is 31.3. The molecule has 0 saturated carbocycles. The molecule has 0 aromatic heterocycles. The monoisotopic (exact) mass is 636 g/mol. The molecular formula is C42H85NO2. The van der Waals surface area contributed by atoms with Gasteiger partial charge in [-0.15, -0.1) is 0 Å². The second kappa shape index (κ2) is 39.6. The van der Waals surface area contributed by atoms with Crippen LogP contribution in [0.1, 0.15) is 251 Å². The Hall–Kier alpha value is -0.570. The number of hydrogen-bond donors (Lipinski definition) is 2. The standard InChI is InChI=1S/C42H85NO2/c1-3-5-7-9-11-13-15-17-19-20-21-22-23-24-25-27-29-31-33-35-37-39-42(45)43-41(40-44)38-36-34-32-30-28-26-18-16-14-12-10-8-6-4-2/h41,44H,3-40H2,1-2H3,(H,43,45). The largest absolute Gasteiger partial charge is 0.394 e. The fourth-order valence-electron chi connectivity index (χ4n) is 6.81. The first kappa shape index (κ1) is 44.4. The molecule has 1 atom stereocenters. The summed E-state index contributed by atoms with van der Waals surface area (Å²) in [6.07, 6.45) is 49.6. The van der Waals surface area contributed by atoms with Gasteiger partial charge < -0.3 is 10.4 Å². The third-order valence-electron chi connectivity index (χ3n) is 10.00. The summed E-state index contributed by atoms with van der Waals surface area (Å²) in [5.41, 5.74) is 0. The molecular weight excluding hydrogens is 550 g/mol. The molecule has 0 spiro atoms. The van der Waals surface area contributed by atoms with E-state index in [4.69, 9.17) is 0 Å². The van der Waals surface area contributed by atoms with Crippen LogP contribution in [0.4, 0.5) is 0 Å². The quantitative estimate of drug-likeness (QED) is 0.0660. The number of rotatable bonds is 39. The minimum absolute atomic E-state index is 0.0512. The van der Waals surface area contributed by atoms with Crippen LogP contribution < -0.4 is 5.32 Å². The molecule has 0 bridgehead atoms. The van der Waals surface area contributed by atoms with E-state index < -0.39 is 0 Å². The summed E-state index contributed by atoms with van der Waals surface area (Å²) >= 11 is 0. The van der Waals surface area contributed by atoms with Crippen LogP contribution >= 0.6 is 0 Å². The van der Waals surface area contributed by atoms with Gasteiger partial charge in [0, 0.05) is 6.42 Å². The van der Waals surface area contributed by atoms with Gasteiger partial charge in [0.2, 0.25) is 5.91 Å². The van der Waals surface area contributed by atoms with Crippen LogP contribution in [-0.4, -0.2) is 23.7 Å². The van der Waals surface area contributed by atoms with Gasteiger partial charge in [-0.3, -0.25) is 4.79 Å². The summed E-state index contributed by atoms with van der Waals surface area (Å²) < 4.78 is 0. The maximum absolute atomic E-state index is 12.3. The fourth-order valence-corrected chi connectivity index (χ4v) is 6.81. The Kier molecular flexibility index (Phi) is 39.1. The SMILES string of the molecule is CCCCCCCCCCCCCCCCCCCCCCCC(=O)NC(CO)CCCCCCCCCCCCCCCC. The third-order valence-corrected chi connectivity index (χ3v) is 10.00. The lowest BCUT2D eigenvalue weighted by molar-refractivity contribution is -0.122. The van der Waals surface area contributed by atoms with Crippen molar-refractivity contribution in [2.75, 3.05) is 6.61 Å². The number of hydrogen-bond acceptors (Lipinski definition) is 2. The highest BCUT2D eigenvalue weighted by atomic mass is 16.3. The molecule has 1 amide bonds. The van der Waals surface area contributed by atoms with Crippen molar-refractivity contribution in [3.8, 4) is 0 Å². The number of aliphatic hydroxyl groups is 1. The van der Waals surface area contributed by atoms with Crippen LogP contribution in [0.2, 0.25) is 0 Å². The zero-order valence-corrected chi connectivity index (χ0v) is 31.3. The van der Waals surface area contributed by atoms with E-state index in [2.05, 4.69) is 19.2 Å². The van der Waals surface area contributed by atoms with Crippen LogP contribution in [0, 0.1) is 0 Å². The van der Waals surface area contributed by atoms with E-state index in [1.807, 2.05) is 0 Å². The van der Waals surface area contributed by atoms with Crippen LogP contribution in [0.15, 0.2) is 0 Å². The van der Waals surface area contributed by atoms with Gasteiger partial charge in [-0.25, -0.2) is 0 Å². The Morgan fingerprint density at radius 3 is 0.911 bits per heavy atom. The average molecular weight is 636 g/mol. The van der Waals surface area contributed by atoms with E-state index in [1.165, 1.54) is 205 Å². The Morgan fingerprint density at radius 1 is 0.400 bits per heavy atom. The summed E-state index contributed by atoms with van der Waals surface area (Å²) in [5.74, 6) is 0.136. The van der Waals surface area contributed by atoms with E-state index >= 15 is 0 Å². The molecule has 0 saturated heterocycles. The van der Waals surface area contributed by atoms with Crippen molar-refractivity contribution in [2.24, 2.45) is 0 Å². The van der Waals surface area contributed by atoms with Crippen molar-refractivity contribution in [3.63, 3.8) is 0 Å². The molecule has 0 aliphatic carbocycles. The van der Waals surface area contributed by atoms with Crippen molar-refractivity contribution >= 4 is 5.91 Å². The van der Waals surface area contributed by atoms with Gasteiger partial charge in [-0.05, 0) is 12.8 Å². The van der Waals surface area contributed by atoms with E-state index in [-0.39, 0.29) is 18.6 Å². The maximum Gasteiger partial charge on any atom is 0.220 e. The van der Waals surface area contributed by atoms with Crippen LogP contribution in [-0.2, 0) is 4.79 Å². The topological polar surface area (TPSA) is 49.3 Å². The molecule has 0 fully saturated rings. The molecule has 3 nitrogen and oxygen atoms in total. The van der Waals surface area contributed by atoms with Crippen molar-refractivity contribution < 1.29 is 9.90 Å². The number of unbranched alkanes of at least 4 members (excludes halogenated alkanes) is 33. The van der Waals surface area contributed by atoms with Crippen molar-refractivity contribution in [3.05, 3.63) is 0 Å². The first-order valence-electron chi connectivity index (χ1n) is 21.1. The fraction of sp³-hybridized carbons (Fsp3) is 0.976. The average Bonchev–Trinajstić information content (AvgIpc) is 3.05. The summed E-state index contributed by atoms with van der Waals surface area (Å²) in [5, 5.41) is 12.8. The van der Waals surface area contributed by atoms with E-state index in [0.29, 0.717) is 6.42 Å². The molecule has 1 unspecified atom stereocenters. The molecule has 0 aromatic rings. The van der Waals surface area contributed by atoms with E-state index in [1.54, 1.807) is 0 Å². The zero-order chi connectivity index (χ0) is 32.7. The number of amides is 1. The summed E-state index contributed by atoms with van der Waals surface area (Å²) in [6.45, 7) is 4.65. The predicted octanol–water partition coefficient (Wildman–Crippen LogP) is 13.9. The van der Waals surface area contributed by atoms with Crippen molar-refractivity contribution in [1.29, 1.82) is 0 Å². The Balaban J connectivity index is 3.34. The van der Waals surface area contributed by atoms with Crippen molar-refractivity contribution in [2.45, 2.75) is 257 Å². The van der Waals surface area contributed by atoms with Crippen LogP contribution in [0.3, 0.4) is 0 Å². The predicted molar refractivity (Wildman–Crippen MR) is 201 cm³/mol. The molecule has 0 aliphatic rings. The Bertz CT molecular complexity index is 551. The maximum atomic E-state index is 12.3. The summed E-state index contributed by atoms with van der Waals surface area (Å²) in [6, 6.07) is -0.0512. The highest BCUT2D eigenvalue weighted by molar-refractivity contribution is 5.76. The van der Waals surface area contributed by atoms with Gasteiger partial charge in [-0.2, -0.15) is 0 Å². The van der Waals surface area contributed by atoms with Gasteiger partial charge in [0.05, 0.1) is 12.6 Å². The van der Waals surface area contributed by atoms with Gasteiger partial charge in [0.1, 0.15) is 0 Å². The van der Waals surface area contributed by atoms with Gasteiger partial charge in [-0.1, -0.05) is 232 Å². The molecule has 2 N–H and O–H groups in total. The Morgan fingerprint density at radius 2 is 0.644 bits per heavy atom. The van der Waals surface area contributed by atoms with Gasteiger partial charge in [0.25, 0.3) is 0 Å². The van der Waals surface area contributed by atoms with Crippen LogP contribution in [0.5, 0.6) is 0 Å². The molecule has 0 aromatic carbocycles. The number of nitrogens with one attached hydrogen (secondary N) is 1. The highest BCUT2D eigenvalue weighted by Gasteiger charge is 2.10. The molecule has 0 aliphatic heterocycles. The summed E-state index contributed by atoms with van der Waals surface area (Å²) in [7, 11) is 0. The first-order valence-corrected chi connectivity index (χ1v) is 21.1. The van der Waals surface area contributed by atoms with Crippen LogP contribution in [0.25, 0.3) is 0 Å². The molecule has 0 rings (SSSR count). The molecule has 0 heterocycles. The molecule has 270 valence electrons. The third kappa shape index (κ3) is 37.8. The highest BCUT2D eigenvalue weighted by Crippen LogP contribution is 2.16. The molecule has 45 heavy (non-hydrogen) atoms. The lowest BCUT2D eigenvalue weighted by Crippen LogP contribution is -2.37. The lowest BCUT2D eigenvalue weighted by Gasteiger charge is -2.16. The van der Waals surface area contributed by atoms with Gasteiger partial charge >= 0.3 is 0 Å². The van der Waals surface area contributed by atoms with Gasteiger partial charge in [0.15, 0.2) is 0 Å². The number of carbonyl (C=O) groups is 1. The Labute approximate surface area is 284 Å². The van der Waals surface area contributed by atoms with Crippen molar-refractivity contribution in [1.82, 2.24) is 5.32 Å². The second-order valence-electron chi connectivity index (χ2n) is 14.7.